The molecule has 1 aromatic heterocycles. The Morgan fingerprint density at radius 1 is 1.22 bits per heavy atom. The van der Waals surface area contributed by atoms with Crippen LogP contribution in [-0.2, 0) is 4.79 Å². The fraction of sp³-hybridized carbons (Fsp3) is 0.474. The number of Topliss-reactive ketones (excluding diaryl/α,β-unsaturated/α-hetero) is 1. The van der Waals surface area contributed by atoms with Gasteiger partial charge in [0.25, 0.3) is 11.7 Å². The third-order valence-corrected chi connectivity index (χ3v) is 5.74. The first-order valence-electron chi connectivity index (χ1n) is 8.53. The number of rotatable bonds is 4. The molecule has 0 aliphatic heterocycles. The molecule has 2 aliphatic carbocycles. The molecule has 120 valence electrons. The van der Waals surface area contributed by atoms with E-state index in [2.05, 4.69) is 10.3 Å². The van der Waals surface area contributed by atoms with E-state index in [1.807, 2.05) is 31.2 Å². The van der Waals surface area contributed by atoms with Crippen LogP contribution in [0.3, 0.4) is 0 Å². The van der Waals surface area contributed by atoms with Gasteiger partial charge in [-0.1, -0.05) is 24.6 Å². The number of hydrogen-bond donors (Lipinski definition) is 2. The van der Waals surface area contributed by atoms with E-state index < -0.39 is 11.7 Å². The van der Waals surface area contributed by atoms with Crippen LogP contribution in [0.15, 0.2) is 24.3 Å². The average Bonchev–Trinajstić information content (AvgIpc) is 3.24. The minimum Gasteiger partial charge on any atom is -0.358 e. The summed E-state index contributed by atoms with van der Waals surface area (Å²) in [4.78, 5) is 28.1. The third kappa shape index (κ3) is 2.46. The fourth-order valence-corrected chi connectivity index (χ4v) is 4.61. The Balaban J connectivity index is 1.47. The summed E-state index contributed by atoms with van der Waals surface area (Å²) < 4.78 is 0. The van der Waals surface area contributed by atoms with Crippen LogP contribution in [0.4, 0.5) is 0 Å². The van der Waals surface area contributed by atoms with E-state index in [1.54, 1.807) is 0 Å². The molecule has 0 saturated heterocycles. The highest BCUT2D eigenvalue weighted by atomic mass is 16.2. The predicted molar refractivity (Wildman–Crippen MR) is 89.3 cm³/mol. The van der Waals surface area contributed by atoms with Gasteiger partial charge in [0.15, 0.2) is 0 Å². The minimum atomic E-state index is -0.472. The number of amides is 1. The lowest BCUT2D eigenvalue weighted by Gasteiger charge is -2.21. The maximum absolute atomic E-state index is 12.6. The molecule has 2 saturated carbocycles. The number of aryl methyl sites for hydroxylation is 1. The van der Waals surface area contributed by atoms with Gasteiger partial charge >= 0.3 is 0 Å². The summed E-state index contributed by atoms with van der Waals surface area (Å²) in [5, 5.41) is 3.71. The molecule has 4 nitrogen and oxygen atoms in total. The number of H-pyrrole nitrogens is 1. The van der Waals surface area contributed by atoms with Crippen molar-refractivity contribution in [2.24, 2.45) is 17.8 Å². The smallest absolute Gasteiger partial charge is 0.292 e. The first-order chi connectivity index (χ1) is 11.1. The summed E-state index contributed by atoms with van der Waals surface area (Å²) in [7, 11) is 0. The molecule has 3 atom stereocenters. The van der Waals surface area contributed by atoms with E-state index >= 15 is 0 Å². The predicted octanol–water partition coefficient (Wildman–Crippen LogP) is 3.21. The molecule has 2 N–H and O–H groups in total. The number of hydrogen-bond acceptors (Lipinski definition) is 2. The Morgan fingerprint density at radius 3 is 2.78 bits per heavy atom. The van der Waals surface area contributed by atoms with Crippen molar-refractivity contribution >= 4 is 22.6 Å². The number of nitrogens with one attached hydrogen (secondary N) is 2. The second-order valence-corrected chi connectivity index (χ2v) is 7.14. The van der Waals surface area contributed by atoms with Gasteiger partial charge in [-0.2, -0.15) is 0 Å². The van der Waals surface area contributed by atoms with E-state index in [1.165, 1.54) is 25.7 Å². The Labute approximate surface area is 135 Å². The second-order valence-electron chi connectivity index (χ2n) is 7.14. The molecule has 2 fully saturated rings. The molecule has 0 radical (unpaired) electrons. The Bertz CT molecular complexity index is 777. The summed E-state index contributed by atoms with van der Waals surface area (Å²) in [6, 6.07) is 7.61. The van der Waals surface area contributed by atoms with Crippen LogP contribution < -0.4 is 5.32 Å². The van der Waals surface area contributed by atoms with Gasteiger partial charge in [-0.25, -0.2) is 0 Å². The molecule has 2 aromatic rings. The first kappa shape index (κ1) is 14.5. The van der Waals surface area contributed by atoms with E-state index in [-0.39, 0.29) is 0 Å². The van der Waals surface area contributed by atoms with Crippen molar-refractivity contribution in [1.29, 1.82) is 0 Å². The summed E-state index contributed by atoms with van der Waals surface area (Å²) in [6.45, 7) is 2.49. The Morgan fingerprint density at radius 2 is 2.04 bits per heavy atom. The molecule has 0 spiro atoms. The largest absolute Gasteiger partial charge is 0.358 e. The van der Waals surface area contributed by atoms with Gasteiger partial charge in [-0.3, -0.25) is 9.59 Å². The van der Waals surface area contributed by atoms with Gasteiger partial charge < -0.3 is 10.3 Å². The van der Waals surface area contributed by atoms with Gasteiger partial charge in [0.1, 0.15) is 0 Å². The molecule has 23 heavy (non-hydrogen) atoms. The Hall–Kier alpha value is -2.10. The molecule has 1 amide bonds. The highest BCUT2D eigenvalue weighted by Crippen LogP contribution is 2.47. The monoisotopic (exact) mass is 310 g/mol. The standard InChI is InChI=1S/C19H22N2O2/c1-11-17(15-4-2-3-5-16(15)21-11)18(22)19(23)20-10-14-9-12-6-7-13(14)8-12/h2-5,12-14,21H,6-10H2,1H3,(H,20,23)/t12-,13-,14-/m1/s1. The van der Waals surface area contributed by atoms with Crippen LogP contribution in [-0.4, -0.2) is 23.2 Å². The maximum Gasteiger partial charge on any atom is 0.292 e. The average molecular weight is 310 g/mol. The number of para-hydroxylation sites is 1. The number of benzene rings is 1. The molecule has 4 heteroatoms. The van der Waals surface area contributed by atoms with Gasteiger partial charge in [0, 0.05) is 23.1 Å². The van der Waals surface area contributed by atoms with Gasteiger partial charge in [-0.15, -0.1) is 0 Å². The van der Waals surface area contributed by atoms with Crippen LogP contribution in [0.25, 0.3) is 10.9 Å². The van der Waals surface area contributed by atoms with Crippen molar-refractivity contribution in [2.45, 2.75) is 32.6 Å². The summed E-state index contributed by atoms with van der Waals surface area (Å²) >= 11 is 0. The van der Waals surface area contributed by atoms with Crippen LogP contribution in [0.1, 0.15) is 41.7 Å². The molecular formula is C19H22N2O2. The lowest BCUT2D eigenvalue weighted by Crippen LogP contribution is -2.36. The van der Waals surface area contributed by atoms with Crippen molar-refractivity contribution in [1.82, 2.24) is 10.3 Å². The lowest BCUT2D eigenvalue weighted by atomic mass is 9.89. The van der Waals surface area contributed by atoms with Crippen molar-refractivity contribution < 1.29 is 9.59 Å². The number of carbonyl (C=O) groups excluding carboxylic acids is 2. The zero-order valence-corrected chi connectivity index (χ0v) is 13.4. The van der Waals surface area contributed by atoms with Crippen molar-refractivity contribution in [3.8, 4) is 0 Å². The van der Waals surface area contributed by atoms with E-state index in [9.17, 15) is 9.59 Å². The molecule has 0 unspecified atom stereocenters. The number of carbonyl (C=O) groups is 2. The quantitative estimate of drug-likeness (QED) is 0.673. The minimum absolute atomic E-state index is 0.428. The van der Waals surface area contributed by atoms with Crippen molar-refractivity contribution in [3.05, 3.63) is 35.5 Å². The summed E-state index contributed by atoms with van der Waals surface area (Å²) in [5.41, 5.74) is 2.16. The van der Waals surface area contributed by atoms with Crippen LogP contribution in [0.5, 0.6) is 0 Å². The zero-order valence-electron chi connectivity index (χ0n) is 13.4. The van der Waals surface area contributed by atoms with Gasteiger partial charge in [0.2, 0.25) is 0 Å². The fourth-order valence-electron chi connectivity index (χ4n) is 4.61. The highest BCUT2D eigenvalue weighted by molar-refractivity contribution is 6.45. The first-order valence-corrected chi connectivity index (χ1v) is 8.53. The van der Waals surface area contributed by atoms with E-state index in [4.69, 9.17) is 0 Å². The number of aromatic amines is 1. The Kier molecular flexibility index (Phi) is 3.47. The number of aromatic nitrogens is 1. The lowest BCUT2D eigenvalue weighted by molar-refractivity contribution is -0.117. The van der Waals surface area contributed by atoms with Gasteiger partial charge in [-0.05, 0) is 50.0 Å². The van der Waals surface area contributed by atoms with E-state index in [0.717, 1.165) is 28.4 Å². The third-order valence-electron chi connectivity index (χ3n) is 5.74. The molecule has 1 aromatic carbocycles. The van der Waals surface area contributed by atoms with Crippen molar-refractivity contribution in [3.63, 3.8) is 0 Å². The molecule has 2 aliphatic rings. The highest BCUT2D eigenvalue weighted by Gasteiger charge is 2.39. The summed E-state index contributed by atoms with van der Waals surface area (Å²) in [6.07, 6.45) is 5.17. The SMILES string of the molecule is Cc1[nH]c2ccccc2c1C(=O)C(=O)NC[C@H]1C[C@@H]2CC[C@@H]1C2. The summed E-state index contributed by atoms with van der Waals surface area (Å²) in [5.74, 6) is 1.27. The molecule has 2 bridgehead atoms. The van der Waals surface area contributed by atoms with Crippen LogP contribution in [0.2, 0.25) is 0 Å². The topological polar surface area (TPSA) is 62.0 Å². The number of ketones is 1. The second kappa shape index (κ2) is 5.52. The zero-order chi connectivity index (χ0) is 16.0. The van der Waals surface area contributed by atoms with Crippen LogP contribution >= 0.6 is 0 Å². The molecule has 4 rings (SSSR count). The normalized spacial score (nSPS) is 25.9. The molecule has 1 heterocycles. The molecular weight excluding hydrogens is 288 g/mol. The number of fused-ring (bicyclic) bond motifs is 3. The van der Waals surface area contributed by atoms with Gasteiger partial charge in [0.05, 0.1) is 5.56 Å². The van der Waals surface area contributed by atoms with Crippen LogP contribution in [0, 0.1) is 24.7 Å². The van der Waals surface area contributed by atoms with Crippen molar-refractivity contribution in [2.75, 3.05) is 6.54 Å². The van der Waals surface area contributed by atoms with E-state index in [0.29, 0.717) is 18.0 Å². The maximum atomic E-state index is 12.6.